The Kier molecular flexibility index (Phi) is 7.95. The molecular formula is C30H30N2O4. The highest BCUT2D eigenvalue weighted by Crippen LogP contribution is 2.20. The molecule has 0 atom stereocenters. The molecule has 0 amide bonds. The van der Waals surface area contributed by atoms with Crippen molar-refractivity contribution in [3.8, 4) is 16.9 Å². The van der Waals surface area contributed by atoms with Crippen LogP contribution < -0.4 is 10.3 Å². The van der Waals surface area contributed by atoms with Crippen molar-refractivity contribution in [1.29, 1.82) is 0 Å². The van der Waals surface area contributed by atoms with Crippen molar-refractivity contribution >= 4 is 5.97 Å². The quantitative estimate of drug-likeness (QED) is 0.305. The molecule has 0 aliphatic carbocycles. The van der Waals surface area contributed by atoms with Crippen LogP contribution in [0.4, 0.5) is 0 Å². The van der Waals surface area contributed by atoms with Crippen molar-refractivity contribution in [2.75, 3.05) is 0 Å². The van der Waals surface area contributed by atoms with Crippen molar-refractivity contribution < 1.29 is 14.6 Å². The highest BCUT2D eigenvalue weighted by molar-refractivity contribution is 5.87. The Labute approximate surface area is 210 Å². The lowest BCUT2D eigenvalue weighted by atomic mass is 10.1. The number of nitrogens with zero attached hydrogens (tertiary/aromatic N) is 2. The number of aryl methyl sites for hydroxylation is 2. The van der Waals surface area contributed by atoms with Gasteiger partial charge in [-0.3, -0.25) is 9.36 Å². The second-order valence-corrected chi connectivity index (χ2v) is 8.78. The molecule has 0 fully saturated rings. The third kappa shape index (κ3) is 5.89. The summed E-state index contributed by atoms with van der Waals surface area (Å²) in [5.41, 5.74) is 4.37. The number of hydrogen-bond acceptors (Lipinski definition) is 4. The van der Waals surface area contributed by atoms with Crippen LogP contribution in [-0.4, -0.2) is 20.6 Å². The van der Waals surface area contributed by atoms with Crippen LogP contribution in [0.1, 0.15) is 52.8 Å². The number of unbranched alkanes of at least 4 members (excludes halogenated alkanes) is 1. The topological polar surface area (TPSA) is 81.4 Å². The van der Waals surface area contributed by atoms with Gasteiger partial charge in [0, 0.05) is 6.42 Å². The number of aromatic carboxylic acids is 1. The maximum Gasteiger partial charge on any atom is 0.335 e. The Balaban J connectivity index is 1.54. The molecule has 0 saturated carbocycles. The minimum absolute atomic E-state index is 0.0232. The van der Waals surface area contributed by atoms with E-state index in [1.54, 1.807) is 28.8 Å². The van der Waals surface area contributed by atoms with E-state index < -0.39 is 5.97 Å². The predicted octanol–water partition coefficient (Wildman–Crippen LogP) is 5.89. The Bertz CT molecular complexity index is 1380. The number of carbonyl (C=O) groups is 1. The maximum atomic E-state index is 13.6. The van der Waals surface area contributed by atoms with E-state index in [0.717, 1.165) is 47.5 Å². The molecule has 6 heteroatoms. The first-order chi connectivity index (χ1) is 17.5. The minimum Gasteiger partial charge on any atom is -0.489 e. The summed E-state index contributed by atoms with van der Waals surface area (Å²) in [5.74, 6) is 0.561. The standard InChI is InChI=1S/C30H30N2O4/c1-3-4-10-27-31-21(2)28(24-8-6-5-7-9-24)29(33)32(27)19-22-13-17-26(18-14-22)36-20-23-11-15-25(16-12-23)30(34)35/h5-9,11-18H,3-4,10,19-20H2,1-2H3,(H,34,35). The van der Waals surface area contributed by atoms with Gasteiger partial charge >= 0.3 is 5.97 Å². The largest absolute Gasteiger partial charge is 0.489 e. The second kappa shape index (κ2) is 11.5. The van der Waals surface area contributed by atoms with E-state index in [1.807, 2.05) is 61.5 Å². The maximum absolute atomic E-state index is 13.6. The van der Waals surface area contributed by atoms with Gasteiger partial charge in [-0.1, -0.05) is 67.9 Å². The van der Waals surface area contributed by atoms with E-state index in [2.05, 4.69) is 6.92 Å². The fourth-order valence-electron chi connectivity index (χ4n) is 4.13. The van der Waals surface area contributed by atoms with E-state index in [-0.39, 0.29) is 11.1 Å². The van der Waals surface area contributed by atoms with Gasteiger partial charge < -0.3 is 9.84 Å². The average Bonchev–Trinajstić information content (AvgIpc) is 2.89. The minimum atomic E-state index is -0.949. The number of aromatic nitrogens is 2. The third-order valence-corrected chi connectivity index (χ3v) is 6.12. The fourth-order valence-corrected chi connectivity index (χ4v) is 4.13. The number of carboxylic acid groups (broad SMARTS) is 1. The van der Waals surface area contributed by atoms with E-state index in [1.165, 1.54) is 0 Å². The van der Waals surface area contributed by atoms with Gasteiger partial charge in [-0.2, -0.15) is 0 Å². The highest BCUT2D eigenvalue weighted by atomic mass is 16.5. The Morgan fingerprint density at radius 3 is 2.25 bits per heavy atom. The molecule has 0 spiro atoms. The van der Waals surface area contributed by atoms with Crippen molar-refractivity contribution in [2.24, 2.45) is 0 Å². The normalized spacial score (nSPS) is 10.8. The first-order valence-corrected chi connectivity index (χ1v) is 12.2. The van der Waals surface area contributed by atoms with Gasteiger partial charge in [0.2, 0.25) is 0 Å². The summed E-state index contributed by atoms with van der Waals surface area (Å²) in [4.78, 5) is 29.5. The summed E-state index contributed by atoms with van der Waals surface area (Å²) in [6, 6.07) is 24.0. The third-order valence-electron chi connectivity index (χ3n) is 6.12. The van der Waals surface area contributed by atoms with Crippen molar-refractivity contribution in [3.63, 3.8) is 0 Å². The molecule has 184 valence electrons. The number of rotatable bonds is 10. The van der Waals surface area contributed by atoms with Gasteiger partial charge in [0.05, 0.1) is 23.4 Å². The summed E-state index contributed by atoms with van der Waals surface area (Å²) in [5, 5.41) is 9.02. The van der Waals surface area contributed by atoms with E-state index >= 15 is 0 Å². The van der Waals surface area contributed by atoms with Gasteiger partial charge in [-0.05, 0) is 54.3 Å². The molecule has 36 heavy (non-hydrogen) atoms. The molecule has 1 heterocycles. The lowest BCUT2D eigenvalue weighted by Crippen LogP contribution is -2.28. The van der Waals surface area contributed by atoms with Crippen molar-refractivity contribution in [2.45, 2.75) is 46.3 Å². The van der Waals surface area contributed by atoms with E-state index in [4.69, 9.17) is 14.8 Å². The smallest absolute Gasteiger partial charge is 0.335 e. The van der Waals surface area contributed by atoms with Gasteiger partial charge in [-0.15, -0.1) is 0 Å². The Morgan fingerprint density at radius 2 is 1.61 bits per heavy atom. The Morgan fingerprint density at radius 1 is 0.944 bits per heavy atom. The summed E-state index contributed by atoms with van der Waals surface area (Å²) in [6.45, 7) is 4.81. The van der Waals surface area contributed by atoms with Crippen molar-refractivity contribution in [3.05, 3.63) is 117 Å². The molecule has 1 N–H and O–H groups in total. The van der Waals surface area contributed by atoms with E-state index in [0.29, 0.717) is 24.5 Å². The Hall–Kier alpha value is -4.19. The van der Waals surface area contributed by atoms with Crippen LogP contribution in [0.2, 0.25) is 0 Å². The van der Waals surface area contributed by atoms with Gasteiger partial charge in [0.25, 0.3) is 5.56 Å². The summed E-state index contributed by atoms with van der Waals surface area (Å²) < 4.78 is 7.66. The number of ether oxygens (including phenoxy) is 1. The monoisotopic (exact) mass is 482 g/mol. The summed E-state index contributed by atoms with van der Waals surface area (Å²) >= 11 is 0. The van der Waals surface area contributed by atoms with Crippen LogP contribution >= 0.6 is 0 Å². The molecule has 0 radical (unpaired) electrons. The van der Waals surface area contributed by atoms with Crippen LogP contribution in [0.15, 0.2) is 83.7 Å². The van der Waals surface area contributed by atoms with Gasteiger partial charge in [-0.25, -0.2) is 9.78 Å². The summed E-state index contributed by atoms with van der Waals surface area (Å²) in [6.07, 6.45) is 2.75. The lowest BCUT2D eigenvalue weighted by molar-refractivity contribution is 0.0697. The van der Waals surface area contributed by atoms with Crippen LogP contribution in [0.25, 0.3) is 11.1 Å². The molecule has 6 nitrogen and oxygen atoms in total. The van der Waals surface area contributed by atoms with Crippen LogP contribution in [0, 0.1) is 6.92 Å². The van der Waals surface area contributed by atoms with Crippen molar-refractivity contribution in [1.82, 2.24) is 9.55 Å². The molecule has 1 aromatic heterocycles. The van der Waals surface area contributed by atoms with Gasteiger partial charge in [0.1, 0.15) is 18.2 Å². The molecule has 0 aliphatic heterocycles. The first kappa shape index (κ1) is 24.9. The fraction of sp³-hybridized carbons (Fsp3) is 0.233. The summed E-state index contributed by atoms with van der Waals surface area (Å²) in [7, 11) is 0. The molecule has 0 unspecified atom stereocenters. The molecule has 0 saturated heterocycles. The molecule has 0 bridgehead atoms. The predicted molar refractivity (Wildman–Crippen MR) is 141 cm³/mol. The second-order valence-electron chi connectivity index (χ2n) is 8.78. The average molecular weight is 483 g/mol. The molecule has 3 aromatic carbocycles. The van der Waals surface area contributed by atoms with Crippen LogP contribution in [0.3, 0.4) is 0 Å². The number of hydrogen-bond donors (Lipinski definition) is 1. The highest BCUT2D eigenvalue weighted by Gasteiger charge is 2.16. The molecule has 0 aliphatic rings. The number of benzene rings is 3. The first-order valence-electron chi connectivity index (χ1n) is 12.2. The zero-order valence-electron chi connectivity index (χ0n) is 20.6. The zero-order valence-corrected chi connectivity index (χ0v) is 20.6. The lowest BCUT2D eigenvalue weighted by Gasteiger charge is -2.16. The molecular weight excluding hydrogens is 452 g/mol. The van der Waals surface area contributed by atoms with Gasteiger partial charge in [0.15, 0.2) is 0 Å². The molecule has 4 aromatic rings. The zero-order chi connectivity index (χ0) is 25.5. The molecule has 4 rings (SSSR count). The van der Waals surface area contributed by atoms with Crippen LogP contribution in [0.5, 0.6) is 5.75 Å². The van der Waals surface area contributed by atoms with E-state index in [9.17, 15) is 9.59 Å². The number of carboxylic acids is 1. The van der Waals surface area contributed by atoms with Crippen LogP contribution in [-0.2, 0) is 19.6 Å². The SMILES string of the molecule is CCCCc1nc(C)c(-c2ccccc2)c(=O)n1Cc1ccc(OCc2ccc(C(=O)O)cc2)cc1.